The summed E-state index contributed by atoms with van der Waals surface area (Å²) in [6.45, 7) is 3.24. The number of rotatable bonds is 5. The first-order valence-corrected chi connectivity index (χ1v) is 11.1. The van der Waals surface area contributed by atoms with Crippen LogP contribution < -0.4 is 15.5 Å². The molecule has 0 bridgehead atoms. The van der Waals surface area contributed by atoms with Crippen LogP contribution in [0.2, 0.25) is 15.1 Å². The molecular formula is C25H18Cl3NO4. The molecule has 0 aliphatic heterocycles. The molecule has 0 unspecified atom stereocenters. The Morgan fingerprint density at radius 1 is 0.939 bits per heavy atom. The van der Waals surface area contributed by atoms with E-state index in [9.17, 15) is 9.59 Å². The van der Waals surface area contributed by atoms with Crippen LogP contribution in [-0.2, 0) is 4.79 Å². The maximum Gasteiger partial charge on any atom is 0.262 e. The van der Waals surface area contributed by atoms with Gasteiger partial charge in [0.15, 0.2) is 12.4 Å². The van der Waals surface area contributed by atoms with Crippen LogP contribution in [0.5, 0.6) is 5.75 Å². The molecule has 0 radical (unpaired) electrons. The van der Waals surface area contributed by atoms with E-state index in [-0.39, 0.29) is 16.9 Å². The lowest BCUT2D eigenvalue weighted by atomic mass is 10.1. The highest BCUT2D eigenvalue weighted by Crippen LogP contribution is 2.33. The number of fused-ring (bicyclic) bond motifs is 1. The van der Waals surface area contributed by atoms with Crippen molar-refractivity contribution in [3.05, 3.63) is 91.0 Å². The lowest BCUT2D eigenvalue weighted by Gasteiger charge is -2.13. The number of halogens is 3. The summed E-state index contributed by atoms with van der Waals surface area (Å²) in [4.78, 5) is 25.8. The minimum Gasteiger partial charge on any atom is -0.476 e. The minimum absolute atomic E-state index is 0.0901. The van der Waals surface area contributed by atoms with Crippen LogP contribution in [0.1, 0.15) is 11.1 Å². The van der Waals surface area contributed by atoms with Crippen LogP contribution in [0.4, 0.5) is 5.69 Å². The summed E-state index contributed by atoms with van der Waals surface area (Å²) in [6.07, 6.45) is 0. The predicted octanol–water partition coefficient (Wildman–Crippen LogP) is 7.05. The first kappa shape index (κ1) is 23.2. The van der Waals surface area contributed by atoms with Gasteiger partial charge in [0.1, 0.15) is 5.58 Å². The first-order chi connectivity index (χ1) is 15.7. The molecule has 0 atom stereocenters. The average Bonchev–Trinajstić information content (AvgIpc) is 2.77. The van der Waals surface area contributed by atoms with Crippen molar-refractivity contribution in [2.75, 3.05) is 11.9 Å². The van der Waals surface area contributed by atoms with Gasteiger partial charge in [-0.2, -0.15) is 0 Å². The standard InChI is InChI=1S/C25H18Cl3NO4/c1-13-10-21-18(11-19(13)28)23(31)25(24(33-21)15-3-5-16(26)6-4-15)32-12-22(30)29-20-8-7-17(27)9-14(20)2/h3-11H,12H2,1-2H3,(H,29,30). The van der Waals surface area contributed by atoms with Crippen LogP contribution in [0.15, 0.2) is 63.8 Å². The molecule has 0 spiro atoms. The fraction of sp³-hybridized carbons (Fsp3) is 0.120. The third-order valence-electron chi connectivity index (χ3n) is 5.05. The lowest BCUT2D eigenvalue weighted by molar-refractivity contribution is -0.118. The number of amides is 1. The Balaban J connectivity index is 1.71. The van der Waals surface area contributed by atoms with E-state index in [4.69, 9.17) is 44.0 Å². The van der Waals surface area contributed by atoms with Crippen molar-refractivity contribution in [1.29, 1.82) is 0 Å². The van der Waals surface area contributed by atoms with E-state index in [1.54, 1.807) is 48.5 Å². The third kappa shape index (κ3) is 5.01. The van der Waals surface area contributed by atoms with E-state index in [1.165, 1.54) is 6.07 Å². The van der Waals surface area contributed by atoms with Crippen LogP contribution in [-0.4, -0.2) is 12.5 Å². The largest absolute Gasteiger partial charge is 0.476 e. The van der Waals surface area contributed by atoms with Gasteiger partial charge < -0.3 is 14.5 Å². The number of ether oxygens (including phenoxy) is 1. The van der Waals surface area contributed by atoms with E-state index in [1.807, 2.05) is 13.8 Å². The molecular weight excluding hydrogens is 485 g/mol. The fourth-order valence-corrected chi connectivity index (χ4v) is 3.83. The number of anilines is 1. The third-order valence-corrected chi connectivity index (χ3v) is 5.94. The number of hydrogen-bond donors (Lipinski definition) is 1. The number of aryl methyl sites for hydroxylation is 2. The van der Waals surface area contributed by atoms with E-state index < -0.39 is 17.9 Å². The average molecular weight is 503 g/mol. The summed E-state index contributed by atoms with van der Waals surface area (Å²) < 4.78 is 11.8. The van der Waals surface area contributed by atoms with Gasteiger partial charge in [-0.25, -0.2) is 0 Å². The van der Waals surface area contributed by atoms with Crippen molar-refractivity contribution in [2.24, 2.45) is 0 Å². The summed E-state index contributed by atoms with van der Waals surface area (Å²) >= 11 is 18.2. The van der Waals surface area contributed by atoms with Crippen molar-refractivity contribution in [2.45, 2.75) is 13.8 Å². The van der Waals surface area contributed by atoms with Crippen molar-refractivity contribution >= 4 is 57.4 Å². The second-order valence-corrected chi connectivity index (χ2v) is 8.77. The van der Waals surface area contributed by atoms with Crippen LogP contribution >= 0.6 is 34.8 Å². The Morgan fingerprint density at radius 3 is 2.33 bits per heavy atom. The SMILES string of the molecule is Cc1cc2oc(-c3ccc(Cl)cc3)c(OCC(=O)Nc3ccc(Cl)cc3C)c(=O)c2cc1Cl. The molecule has 4 rings (SSSR count). The quantitative estimate of drug-likeness (QED) is 0.317. The molecule has 1 heterocycles. The predicted molar refractivity (Wildman–Crippen MR) is 133 cm³/mol. The number of nitrogens with one attached hydrogen (secondary N) is 1. The highest BCUT2D eigenvalue weighted by Gasteiger charge is 2.20. The Kier molecular flexibility index (Phi) is 6.66. The van der Waals surface area contributed by atoms with Gasteiger partial charge in [-0.15, -0.1) is 0 Å². The molecule has 5 nitrogen and oxygen atoms in total. The van der Waals surface area contributed by atoms with Crippen molar-refractivity contribution in [3.63, 3.8) is 0 Å². The second-order valence-electron chi connectivity index (χ2n) is 7.49. The van der Waals surface area contributed by atoms with Crippen molar-refractivity contribution in [3.8, 4) is 17.1 Å². The zero-order valence-electron chi connectivity index (χ0n) is 17.7. The summed E-state index contributed by atoms with van der Waals surface area (Å²) in [5.74, 6) is -0.335. The van der Waals surface area contributed by atoms with Crippen LogP contribution in [0.3, 0.4) is 0 Å². The number of carbonyl (C=O) groups is 1. The van der Waals surface area contributed by atoms with Gasteiger partial charge in [-0.05, 0) is 79.6 Å². The van der Waals surface area contributed by atoms with Crippen LogP contribution in [0, 0.1) is 13.8 Å². The van der Waals surface area contributed by atoms with Gasteiger partial charge in [-0.3, -0.25) is 9.59 Å². The molecule has 4 aromatic rings. The Bertz CT molecular complexity index is 1430. The molecule has 0 fully saturated rings. The van der Waals surface area contributed by atoms with Gasteiger partial charge in [0.2, 0.25) is 11.2 Å². The molecule has 0 aliphatic carbocycles. The Labute approximate surface area is 204 Å². The molecule has 3 aromatic carbocycles. The highest BCUT2D eigenvalue weighted by atomic mass is 35.5. The fourth-order valence-electron chi connectivity index (χ4n) is 3.31. The molecule has 0 aliphatic rings. The van der Waals surface area contributed by atoms with E-state index in [2.05, 4.69) is 5.32 Å². The molecule has 8 heteroatoms. The molecule has 168 valence electrons. The van der Waals surface area contributed by atoms with Crippen molar-refractivity contribution in [1.82, 2.24) is 0 Å². The number of carbonyl (C=O) groups excluding carboxylic acids is 1. The summed E-state index contributed by atoms with van der Waals surface area (Å²) in [6, 6.07) is 15.1. The van der Waals surface area contributed by atoms with E-state index in [0.717, 1.165) is 11.1 Å². The summed E-state index contributed by atoms with van der Waals surface area (Å²) in [5.41, 5.74) is 2.67. The number of benzene rings is 3. The monoisotopic (exact) mass is 501 g/mol. The maximum absolute atomic E-state index is 13.3. The van der Waals surface area contributed by atoms with E-state index in [0.29, 0.717) is 31.9 Å². The van der Waals surface area contributed by atoms with Gasteiger partial charge >= 0.3 is 0 Å². The zero-order valence-corrected chi connectivity index (χ0v) is 19.9. The molecule has 33 heavy (non-hydrogen) atoms. The molecule has 1 N–H and O–H groups in total. The lowest BCUT2D eigenvalue weighted by Crippen LogP contribution is -2.23. The van der Waals surface area contributed by atoms with E-state index >= 15 is 0 Å². The van der Waals surface area contributed by atoms with Crippen molar-refractivity contribution < 1.29 is 13.9 Å². The van der Waals surface area contributed by atoms with Gasteiger partial charge in [0.25, 0.3) is 5.91 Å². The second kappa shape index (κ2) is 9.48. The Morgan fingerprint density at radius 2 is 1.64 bits per heavy atom. The maximum atomic E-state index is 13.3. The smallest absolute Gasteiger partial charge is 0.262 e. The molecule has 0 saturated heterocycles. The molecule has 1 amide bonds. The van der Waals surface area contributed by atoms with Gasteiger partial charge in [0, 0.05) is 26.3 Å². The number of hydrogen-bond acceptors (Lipinski definition) is 4. The molecule has 1 aromatic heterocycles. The zero-order chi connectivity index (χ0) is 23.7. The first-order valence-electron chi connectivity index (χ1n) is 9.94. The minimum atomic E-state index is -0.441. The normalized spacial score (nSPS) is 10.9. The van der Waals surface area contributed by atoms with Gasteiger partial charge in [0.05, 0.1) is 5.39 Å². The molecule has 0 saturated carbocycles. The van der Waals surface area contributed by atoms with Gasteiger partial charge in [-0.1, -0.05) is 34.8 Å². The van der Waals surface area contributed by atoms with Crippen LogP contribution in [0.25, 0.3) is 22.3 Å². The Hall–Kier alpha value is -2.99. The topological polar surface area (TPSA) is 68.5 Å². The highest BCUT2D eigenvalue weighted by molar-refractivity contribution is 6.32. The summed E-state index contributed by atoms with van der Waals surface area (Å²) in [5, 5.41) is 4.54. The summed E-state index contributed by atoms with van der Waals surface area (Å²) in [7, 11) is 0.